The molecule has 1 aliphatic rings. The van der Waals surface area contributed by atoms with E-state index in [-0.39, 0.29) is 0 Å². The highest BCUT2D eigenvalue weighted by Gasteiger charge is 2.25. The zero-order chi connectivity index (χ0) is 11.0. The summed E-state index contributed by atoms with van der Waals surface area (Å²) in [5.74, 6) is -1.20. The predicted molar refractivity (Wildman–Crippen MR) is 52.2 cm³/mol. The van der Waals surface area contributed by atoms with Crippen LogP contribution >= 0.6 is 0 Å². The van der Waals surface area contributed by atoms with Crippen molar-refractivity contribution in [2.24, 2.45) is 5.73 Å². The lowest BCUT2D eigenvalue weighted by molar-refractivity contribution is 0.136. The zero-order valence-corrected chi connectivity index (χ0v) is 8.21. The van der Waals surface area contributed by atoms with Crippen LogP contribution in [-0.2, 0) is 6.42 Å². The molecule has 0 saturated carbocycles. The first-order valence-corrected chi connectivity index (χ1v) is 5.01. The maximum atomic E-state index is 13.4. The van der Waals surface area contributed by atoms with Crippen LogP contribution in [0.2, 0.25) is 0 Å². The van der Waals surface area contributed by atoms with E-state index in [4.69, 9.17) is 5.73 Å². The van der Waals surface area contributed by atoms with Gasteiger partial charge in [-0.15, -0.1) is 0 Å². The van der Waals surface area contributed by atoms with Crippen molar-refractivity contribution in [1.29, 1.82) is 0 Å². The Morgan fingerprint density at radius 3 is 2.80 bits per heavy atom. The summed E-state index contributed by atoms with van der Waals surface area (Å²) in [4.78, 5) is 0. The molecule has 0 amide bonds. The van der Waals surface area contributed by atoms with E-state index in [2.05, 4.69) is 0 Å². The lowest BCUT2D eigenvalue weighted by Crippen LogP contribution is -2.25. The molecule has 0 saturated heterocycles. The number of hydrogen-bond donors (Lipinski definition) is 2. The molecule has 2 nitrogen and oxygen atoms in total. The topological polar surface area (TPSA) is 46.2 Å². The summed E-state index contributed by atoms with van der Waals surface area (Å²) in [5, 5.41) is 9.62. The van der Waals surface area contributed by atoms with Crippen molar-refractivity contribution in [1.82, 2.24) is 0 Å². The third-order valence-electron chi connectivity index (χ3n) is 2.90. The second-order valence-electron chi connectivity index (χ2n) is 3.94. The molecule has 0 unspecified atom stereocenters. The maximum absolute atomic E-state index is 13.4. The van der Waals surface area contributed by atoms with Crippen LogP contribution < -0.4 is 5.73 Å². The molecule has 0 spiro atoms. The van der Waals surface area contributed by atoms with E-state index in [1.165, 1.54) is 6.07 Å². The second kappa shape index (κ2) is 3.87. The maximum Gasteiger partial charge on any atom is 0.129 e. The molecule has 0 radical (unpaired) electrons. The van der Waals surface area contributed by atoms with Gasteiger partial charge >= 0.3 is 0 Å². The first kappa shape index (κ1) is 10.5. The predicted octanol–water partition coefficient (Wildman–Crippen LogP) is 1.66. The molecule has 82 valence electrons. The molecule has 0 aliphatic heterocycles. The molecule has 1 aliphatic carbocycles. The Bertz CT molecular complexity index is 381. The lowest BCUT2D eigenvalue weighted by atomic mass is 9.98. The van der Waals surface area contributed by atoms with Crippen LogP contribution in [0.4, 0.5) is 8.78 Å². The molecule has 0 aromatic heterocycles. The van der Waals surface area contributed by atoms with Gasteiger partial charge < -0.3 is 10.8 Å². The van der Waals surface area contributed by atoms with Crippen LogP contribution in [0.15, 0.2) is 12.1 Å². The van der Waals surface area contributed by atoms with Crippen molar-refractivity contribution in [2.45, 2.75) is 31.4 Å². The van der Waals surface area contributed by atoms with Gasteiger partial charge in [0.15, 0.2) is 0 Å². The highest BCUT2D eigenvalue weighted by atomic mass is 19.1. The SMILES string of the molecule is N[C@@H]1c2cc(F)cc(F)c2CCC[C@H]1O. The molecular formula is C11H13F2NO. The minimum Gasteiger partial charge on any atom is -0.391 e. The highest BCUT2D eigenvalue weighted by Crippen LogP contribution is 2.29. The van der Waals surface area contributed by atoms with Crippen molar-refractivity contribution in [3.8, 4) is 0 Å². The van der Waals surface area contributed by atoms with E-state index in [9.17, 15) is 13.9 Å². The normalized spacial score (nSPS) is 25.9. The van der Waals surface area contributed by atoms with Crippen LogP contribution in [0.1, 0.15) is 30.0 Å². The summed E-state index contributed by atoms with van der Waals surface area (Å²) < 4.78 is 26.4. The highest BCUT2D eigenvalue weighted by molar-refractivity contribution is 5.33. The number of hydrogen-bond acceptors (Lipinski definition) is 2. The molecule has 15 heavy (non-hydrogen) atoms. The molecule has 0 bridgehead atoms. The van der Waals surface area contributed by atoms with E-state index < -0.39 is 23.8 Å². The quantitative estimate of drug-likeness (QED) is 0.644. The van der Waals surface area contributed by atoms with E-state index in [1.54, 1.807) is 0 Å². The fraction of sp³-hybridized carbons (Fsp3) is 0.455. The van der Waals surface area contributed by atoms with Gasteiger partial charge in [0.25, 0.3) is 0 Å². The summed E-state index contributed by atoms with van der Waals surface area (Å²) in [5.41, 5.74) is 6.59. The standard InChI is InChI=1S/C11H13F2NO/c12-6-4-8-7(9(13)5-6)2-1-3-10(15)11(8)14/h4-5,10-11,15H,1-3,14H2/t10-,11-/m1/s1. The Hall–Kier alpha value is -1.00. The van der Waals surface area contributed by atoms with Crippen molar-refractivity contribution >= 4 is 0 Å². The third-order valence-corrected chi connectivity index (χ3v) is 2.90. The summed E-state index contributed by atoms with van der Waals surface area (Å²) in [7, 11) is 0. The summed E-state index contributed by atoms with van der Waals surface area (Å²) in [6, 6.07) is 1.40. The van der Waals surface area contributed by atoms with Gasteiger partial charge in [-0.2, -0.15) is 0 Å². The number of rotatable bonds is 0. The third kappa shape index (κ3) is 1.87. The summed E-state index contributed by atoms with van der Waals surface area (Å²) in [6.45, 7) is 0. The van der Waals surface area contributed by atoms with Crippen molar-refractivity contribution < 1.29 is 13.9 Å². The Labute approximate surface area is 86.7 Å². The number of aliphatic hydroxyl groups excluding tert-OH is 1. The van der Waals surface area contributed by atoms with Gasteiger partial charge in [-0.1, -0.05) is 0 Å². The van der Waals surface area contributed by atoms with E-state index in [1.807, 2.05) is 0 Å². The Kier molecular flexibility index (Phi) is 2.71. The van der Waals surface area contributed by atoms with Gasteiger partial charge in [-0.3, -0.25) is 0 Å². The zero-order valence-electron chi connectivity index (χ0n) is 8.21. The summed E-state index contributed by atoms with van der Waals surface area (Å²) in [6.07, 6.45) is 0.987. The minimum absolute atomic E-state index is 0.400. The molecule has 4 heteroatoms. The Morgan fingerprint density at radius 2 is 2.07 bits per heavy atom. The molecule has 1 aromatic rings. The van der Waals surface area contributed by atoms with Crippen LogP contribution in [0.5, 0.6) is 0 Å². The van der Waals surface area contributed by atoms with Crippen LogP contribution in [0.25, 0.3) is 0 Å². The van der Waals surface area contributed by atoms with Gasteiger partial charge in [0.2, 0.25) is 0 Å². The van der Waals surface area contributed by atoms with Crippen LogP contribution in [0.3, 0.4) is 0 Å². The minimum atomic E-state index is -0.715. The molecule has 0 fully saturated rings. The van der Waals surface area contributed by atoms with E-state index in [0.29, 0.717) is 30.4 Å². The fourth-order valence-electron chi connectivity index (χ4n) is 2.06. The first-order valence-electron chi connectivity index (χ1n) is 5.01. The number of aliphatic hydroxyl groups is 1. The number of fused-ring (bicyclic) bond motifs is 1. The molecule has 1 aromatic carbocycles. The Balaban J connectivity index is 2.53. The molecule has 3 N–H and O–H groups in total. The van der Waals surface area contributed by atoms with Crippen molar-refractivity contribution in [2.75, 3.05) is 0 Å². The largest absolute Gasteiger partial charge is 0.391 e. The molecular weight excluding hydrogens is 200 g/mol. The lowest BCUT2D eigenvalue weighted by Gasteiger charge is -2.17. The Morgan fingerprint density at radius 1 is 1.33 bits per heavy atom. The molecule has 2 atom stereocenters. The van der Waals surface area contributed by atoms with Gasteiger partial charge in [-0.25, -0.2) is 8.78 Å². The average molecular weight is 213 g/mol. The van der Waals surface area contributed by atoms with Gasteiger partial charge in [0.1, 0.15) is 11.6 Å². The molecule has 2 rings (SSSR count). The van der Waals surface area contributed by atoms with Gasteiger partial charge in [0.05, 0.1) is 12.1 Å². The first-order chi connectivity index (χ1) is 7.09. The number of nitrogens with two attached hydrogens (primary N) is 1. The van der Waals surface area contributed by atoms with Crippen molar-refractivity contribution in [3.63, 3.8) is 0 Å². The van der Waals surface area contributed by atoms with Crippen LogP contribution in [0, 0.1) is 11.6 Å². The van der Waals surface area contributed by atoms with E-state index in [0.717, 1.165) is 6.07 Å². The van der Waals surface area contributed by atoms with E-state index >= 15 is 0 Å². The summed E-state index contributed by atoms with van der Waals surface area (Å²) >= 11 is 0. The fourth-order valence-corrected chi connectivity index (χ4v) is 2.06. The molecule has 0 heterocycles. The second-order valence-corrected chi connectivity index (χ2v) is 3.94. The monoisotopic (exact) mass is 213 g/mol. The van der Waals surface area contributed by atoms with Gasteiger partial charge in [-0.05, 0) is 36.5 Å². The van der Waals surface area contributed by atoms with Crippen LogP contribution in [-0.4, -0.2) is 11.2 Å². The number of halogens is 2. The number of benzene rings is 1. The average Bonchev–Trinajstić information content (AvgIpc) is 2.30. The van der Waals surface area contributed by atoms with Gasteiger partial charge in [0, 0.05) is 6.07 Å². The smallest absolute Gasteiger partial charge is 0.129 e. The van der Waals surface area contributed by atoms with Crippen molar-refractivity contribution in [3.05, 3.63) is 34.9 Å².